The minimum atomic E-state index is -0.777. The van der Waals surface area contributed by atoms with Crippen molar-refractivity contribution < 1.29 is 26.5 Å². The predicted molar refractivity (Wildman–Crippen MR) is 50.0 cm³/mol. The molecular weight excluding hydrogens is 248 g/mol. The van der Waals surface area contributed by atoms with E-state index in [9.17, 15) is 4.79 Å². The molecule has 1 aliphatic rings. The second-order valence-corrected chi connectivity index (χ2v) is 2.48. The number of halogens is 1. The molecule has 2 N–H and O–H groups in total. The first kappa shape index (κ1) is 13.1. The van der Waals surface area contributed by atoms with Gasteiger partial charge in [-0.3, -0.25) is 0 Å². The molecule has 0 bridgehead atoms. The van der Waals surface area contributed by atoms with Crippen LogP contribution in [0.3, 0.4) is 0 Å². The van der Waals surface area contributed by atoms with E-state index >= 15 is 0 Å². The summed E-state index contributed by atoms with van der Waals surface area (Å²) >= 11 is 0. The van der Waals surface area contributed by atoms with Crippen LogP contribution in [0.4, 0.5) is 0 Å². The Hall–Kier alpha value is -0.940. The Labute approximate surface area is 93.3 Å². The third-order valence-corrected chi connectivity index (χ3v) is 1.55. The summed E-state index contributed by atoms with van der Waals surface area (Å²) in [6.45, 7) is 2.07. The molecule has 1 unspecified atom stereocenters. The standard InChI is InChI=1S/C9H12N2O2.BrH/c1-2-13-9(12)8(10)7-5-3-4-6-11-7;/h3-6,8H,2,10H2,1H3;1H/q+1;/p-1. The number of nitrogens with zero attached hydrogens (tertiary/aromatic N) is 1. The molecule has 0 aliphatic carbocycles. The fourth-order valence-corrected chi connectivity index (χ4v) is 0.913. The number of esters is 1. The van der Waals surface area contributed by atoms with E-state index in [0.717, 1.165) is 0 Å². The quantitative estimate of drug-likeness (QED) is 0.542. The fraction of sp³-hybridized carbons (Fsp3) is 0.333. The largest absolute Gasteiger partial charge is 1.00 e. The van der Waals surface area contributed by atoms with Crippen molar-refractivity contribution in [3.8, 4) is 0 Å². The molecule has 0 aromatic carbocycles. The lowest BCUT2D eigenvalue weighted by Gasteiger charge is -2.04. The third-order valence-electron chi connectivity index (χ3n) is 1.55. The minimum absolute atomic E-state index is 0. The average molecular weight is 260 g/mol. The van der Waals surface area contributed by atoms with Crippen molar-refractivity contribution in [1.29, 1.82) is 0 Å². The molecule has 0 spiro atoms. The Morgan fingerprint density at radius 3 is 2.86 bits per heavy atom. The number of aliphatic imine (C=N–C) groups is 1. The van der Waals surface area contributed by atoms with Crippen LogP contribution in [-0.2, 0) is 9.53 Å². The van der Waals surface area contributed by atoms with Gasteiger partial charge in [0.1, 0.15) is 0 Å². The van der Waals surface area contributed by atoms with Crippen molar-refractivity contribution in [2.75, 3.05) is 6.61 Å². The van der Waals surface area contributed by atoms with E-state index in [-0.39, 0.29) is 17.0 Å². The van der Waals surface area contributed by atoms with Crippen molar-refractivity contribution in [2.24, 2.45) is 5.73 Å². The van der Waals surface area contributed by atoms with Gasteiger partial charge < -0.3 is 27.5 Å². The maximum atomic E-state index is 11.2. The number of rotatable bonds is 3. The third kappa shape index (κ3) is 3.43. The maximum absolute atomic E-state index is 11.2. The van der Waals surface area contributed by atoms with Crippen LogP contribution in [0.1, 0.15) is 6.92 Å². The molecule has 0 amide bonds. The Bertz CT molecular complexity index is 285. The smallest absolute Gasteiger partial charge is 0.334 e. The molecule has 0 saturated carbocycles. The highest BCUT2D eigenvalue weighted by Gasteiger charge is 2.27. The van der Waals surface area contributed by atoms with E-state index in [4.69, 9.17) is 10.5 Å². The Balaban J connectivity index is 0.00000169. The van der Waals surface area contributed by atoms with E-state index in [2.05, 4.69) is 4.99 Å². The van der Waals surface area contributed by atoms with Crippen LogP contribution in [-0.4, -0.2) is 24.8 Å². The minimum Gasteiger partial charge on any atom is -1.00 e. The summed E-state index contributed by atoms with van der Waals surface area (Å²) in [7, 11) is 0. The SMILES string of the molecule is CCOC(=O)C(N)C1=CC=CC=[N+]1.[Br-]. The predicted octanol–water partition coefficient (Wildman–Crippen LogP) is -3.26. The molecule has 77 valence electrons. The lowest BCUT2D eigenvalue weighted by molar-refractivity contribution is -0.143. The first-order valence-electron chi connectivity index (χ1n) is 4.09. The maximum Gasteiger partial charge on any atom is 0.334 e. The van der Waals surface area contributed by atoms with Crippen LogP contribution in [0.25, 0.3) is 0 Å². The molecule has 1 heterocycles. The van der Waals surface area contributed by atoms with Crippen LogP contribution in [0.2, 0.25) is 0 Å². The van der Waals surface area contributed by atoms with Crippen molar-refractivity contribution in [3.63, 3.8) is 0 Å². The summed E-state index contributed by atoms with van der Waals surface area (Å²) in [6, 6.07) is -0.777. The van der Waals surface area contributed by atoms with Crippen molar-refractivity contribution in [1.82, 2.24) is 4.99 Å². The Morgan fingerprint density at radius 2 is 2.36 bits per heavy atom. The summed E-state index contributed by atoms with van der Waals surface area (Å²) < 4.78 is 4.75. The number of ether oxygens (including phenoxy) is 1. The second kappa shape index (κ2) is 6.50. The normalized spacial score (nSPS) is 15.4. The lowest BCUT2D eigenvalue weighted by Crippen LogP contribution is -3.00. The molecule has 4 nitrogen and oxygen atoms in total. The molecular formula is C9H12BrN2O2. The highest BCUT2D eigenvalue weighted by Crippen LogP contribution is 2.00. The number of allylic oxidation sites excluding steroid dienone is 3. The summed E-state index contributed by atoms with van der Waals surface area (Å²) in [4.78, 5) is 15.1. The molecule has 0 aromatic rings. The molecule has 1 rings (SSSR count). The van der Waals surface area contributed by atoms with Crippen molar-refractivity contribution in [2.45, 2.75) is 13.0 Å². The first-order valence-corrected chi connectivity index (χ1v) is 4.09. The van der Waals surface area contributed by atoms with Gasteiger partial charge in [-0.1, -0.05) is 0 Å². The van der Waals surface area contributed by atoms with Gasteiger partial charge in [-0.2, -0.15) is 0 Å². The summed E-state index contributed by atoms with van der Waals surface area (Å²) in [6.07, 6.45) is 6.83. The van der Waals surface area contributed by atoms with E-state index in [1.165, 1.54) is 0 Å². The fourth-order valence-electron chi connectivity index (χ4n) is 0.913. The lowest BCUT2D eigenvalue weighted by atomic mass is 10.2. The number of hydrogen-bond acceptors (Lipinski definition) is 4. The first-order chi connectivity index (χ1) is 6.25. The molecule has 0 aromatic heterocycles. The molecule has 1 radical (unpaired) electrons. The molecule has 0 saturated heterocycles. The van der Waals surface area contributed by atoms with Gasteiger partial charge in [0.15, 0.2) is 6.04 Å². The van der Waals surface area contributed by atoms with Crippen LogP contribution in [0.5, 0.6) is 0 Å². The van der Waals surface area contributed by atoms with Crippen LogP contribution >= 0.6 is 0 Å². The monoisotopic (exact) mass is 259 g/mol. The van der Waals surface area contributed by atoms with Crippen molar-refractivity contribution >= 4 is 12.2 Å². The molecule has 5 heteroatoms. The van der Waals surface area contributed by atoms with Crippen LogP contribution in [0.15, 0.2) is 23.9 Å². The molecule has 0 fully saturated rings. The Morgan fingerprint density at radius 1 is 1.64 bits per heavy atom. The van der Waals surface area contributed by atoms with Gasteiger partial charge >= 0.3 is 5.97 Å². The summed E-state index contributed by atoms with van der Waals surface area (Å²) in [5.41, 5.74) is 6.12. The van der Waals surface area contributed by atoms with Gasteiger partial charge in [-0.15, -0.1) is 0 Å². The zero-order valence-corrected chi connectivity index (χ0v) is 9.40. The number of nitrogens with two attached hydrogens (primary N) is 1. The summed E-state index contributed by atoms with van der Waals surface area (Å²) in [5.74, 6) is -0.443. The zero-order valence-electron chi connectivity index (χ0n) is 7.81. The number of hydrogen-bond donors (Lipinski definition) is 1. The topological polar surface area (TPSA) is 66.4 Å². The molecule has 14 heavy (non-hydrogen) atoms. The zero-order chi connectivity index (χ0) is 9.68. The number of carbonyl (C=O) groups is 1. The molecule has 1 aliphatic heterocycles. The van der Waals surface area contributed by atoms with Crippen molar-refractivity contribution in [3.05, 3.63) is 23.9 Å². The van der Waals surface area contributed by atoms with E-state index in [0.29, 0.717) is 12.3 Å². The van der Waals surface area contributed by atoms with Gasteiger partial charge in [0.25, 0.3) is 5.70 Å². The second-order valence-electron chi connectivity index (χ2n) is 2.48. The van der Waals surface area contributed by atoms with E-state index in [1.807, 2.05) is 0 Å². The van der Waals surface area contributed by atoms with Crippen LogP contribution < -0.4 is 27.7 Å². The van der Waals surface area contributed by atoms with Gasteiger partial charge in [0, 0.05) is 12.2 Å². The van der Waals surface area contributed by atoms with Crippen LogP contribution in [0, 0.1) is 0 Å². The van der Waals surface area contributed by atoms with Gasteiger partial charge in [0.2, 0.25) is 6.21 Å². The van der Waals surface area contributed by atoms with Gasteiger partial charge in [-0.25, -0.2) is 4.79 Å². The van der Waals surface area contributed by atoms with E-state index < -0.39 is 12.0 Å². The highest BCUT2D eigenvalue weighted by atomic mass is 79.9. The average Bonchev–Trinajstić information content (AvgIpc) is 2.18. The van der Waals surface area contributed by atoms with Gasteiger partial charge in [0.05, 0.1) is 11.6 Å². The highest BCUT2D eigenvalue weighted by molar-refractivity contribution is 5.81. The summed E-state index contributed by atoms with van der Waals surface area (Å²) in [5, 5.41) is 0. The molecule has 1 atom stereocenters. The Kier molecular flexibility index (Phi) is 6.07. The number of carbonyl (C=O) groups excluding carboxylic acids is 1. The van der Waals surface area contributed by atoms with E-state index in [1.54, 1.807) is 31.4 Å². The van der Waals surface area contributed by atoms with Gasteiger partial charge in [-0.05, 0) is 13.0 Å².